The normalized spacial score (nSPS) is 13.0. The Balaban J connectivity index is 0.000000155. The lowest BCUT2D eigenvalue weighted by Crippen LogP contribution is -2.43. The van der Waals surface area contributed by atoms with Gasteiger partial charge in [0.15, 0.2) is 11.3 Å². The number of carbonyl (C=O) groups is 1. The predicted molar refractivity (Wildman–Crippen MR) is 194 cm³/mol. The number of alkyl halides is 2. The molecule has 1 amide bonds. The van der Waals surface area contributed by atoms with Crippen molar-refractivity contribution < 1.29 is 22.4 Å². The van der Waals surface area contributed by atoms with E-state index in [2.05, 4.69) is 40.0 Å². The standard InChI is InChI=1S/C19H16FN7O.C18H15F3N6/c20-12-3-1-11(2-4-12)17-18(26(10-24-17)13-7-22-8-13)14-5-6-16-23-9-15(19(21)28)27(16)25-14;19-12-3-1-11(2-4-12)17-18(26(10-24-17)9-15(20)21)14-5-6-16-23-8-13(7-22)27(16)25-14/h1-6,9-10,13,22H,7-8H2,(H2,21,28);1-6,8,10,15H,7,9,22H2. The van der Waals surface area contributed by atoms with Crippen LogP contribution in [0.15, 0.2) is 97.8 Å². The third-order valence-corrected chi connectivity index (χ3v) is 9.10. The predicted octanol–water partition coefficient (Wildman–Crippen LogP) is 4.76. The van der Waals surface area contributed by atoms with Gasteiger partial charge in [-0.25, -0.2) is 46.5 Å². The van der Waals surface area contributed by atoms with Gasteiger partial charge in [-0.1, -0.05) is 0 Å². The third kappa shape index (κ3) is 6.79. The summed E-state index contributed by atoms with van der Waals surface area (Å²) in [5, 5.41) is 12.4. The van der Waals surface area contributed by atoms with E-state index >= 15 is 0 Å². The zero-order chi connectivity index (χ0) is 38.2. The Bertz CT molecular complexity index is 2640. The van der Waals surface area contributed by atoms with Crippen molar-refractivity contribution in [3.8, 4) is 45.3 Å². The first-order valence-electron chi connectivity index (χ1n) is 17.0. The van der Waals surface area contributed by atoms with Crippen molar-refractivity contribution >= 4 is 17.2 Å². The minimum Gasteiger partial charge on any atom is -0.364 e. The maximum atomic E-state index is 13.4. The fourth-order valence-corrected chi connectivity index (χ4v) is 6.29. The number of hydrogen-bond donors (Lipinski definition) is 3. The van der Waals surface area contributed by atoms with E-state index in [1.54, 1.807) is 59.5 Å². The molecule has 14 nitrogen and oxygen atoms in total. The molecule has 1 aliphatic rings. The average molecular weight is 750 g/mol. The van der Waals surface area contributed by atoms with Crippen molar-refractivity contribution in [1.29, 1.82) is 0 Å². The first-order chi connectivity index (χ1) is 26.7. The number of nitrogens with two attached hydrogens (primary N) is 2. The lowest BCUT2D eigenvalue weighted by molar-refractivity contribution is 0.0993. The Kier molecular flexibility index (Phi) is 9.33. The van der Waals surface area contributed by atoms with Crippen LogP contribution in [-0.2, 0) is 13.1 Å². The van der Waals surface area contributed by atoms with Crippen LogP contribution in [0.1, 0.15) is 22.2 Å². The summed E-state index contributed by atoms with van der Waals surface area (Å²) in [5.41, 5.74) is 18.0. The van der Waals surface area contributed by atoms with Crippen LogP contribution in [0.3, 0.4) is 0 Å². The van der Waals surface area contributed by atoms with Gasteiger partial charge >= 0.3 is 0 Å². The van der Waals surface area contributed by atoms with E-state index in [0.29, 0.717) is 51.0 Å². The average Bonchev–Trinajstić information content (AvgIpc) is 3.96. The molecule has 0 aliphatic carbocycles. The zero-order valence-corrected chi connectivity index (χ0v) is 28.8. The van der Waals surface area contributed by atoms with E-state index in [1.165, 1.54) is 45.9 Å². The molecule has 2 aromatic carbocycles. The van der Waals surface area contributed by atoms with Crippen molar-refractivity contribution in [2.45, 2.75) is 25.6 Å². The SMILES string of the molecule is NC(=O)c1cnc2ccc(-c3c(-c4ccc(F)cc4)ncn3C3CNC3)nn12.NCc1cnc2ccc(-c3c(-c4ccc(F)cc4)ncn3CC(F)F)nn12. The van der Waals surface area contributed by atoms with Crippen LogP contribution in [0.25, 0.3) is 56.6 Å². The minimum atomic E-state index is -2.56. The Morgan fingerprint density at radius 2 is 1.31 bits per heavy atom. The molecule has 0 bridgehead atoms. The van der Waals surface area contributed by atoms with Crippen LogP contribution in [0.2, 0.25) is 0 Å². The van der Waals surface area contributed by atoms with Crippen LogP contribution in [0.4, 0.5) is 17.6 Å². The Morgan fingerprint density at radius 1 is 0.745 bits per heavy atom. The first kappa shape index (κ1) is 35.3. The molecule has 1 aliphatic heterocycles. The molecule has 278 valence electrons. The number of primary amides is 1. The van der Waals surface area contributed by atoms with Crippen LogP contribution in [-0.4, -0.2) is 73.7 Å². The minimum absolute atomic E-state index is 0.205. The fraction of sp³-hybridized carbons (Fsp3) is 0.162. The molecule has 7 heterocycles. The van der Waals surface area contributed by atoms with Crippen LogP contribution in [0.5, 0.6) is 0 Å². The number of imidazole rings is 4. The van der Waals surface area contributed by atoms with Crippen LogP contribution >= 0.6 is 0 Å². The van der Waals surface area contributed by atoms with E-state index in [-0.39, 0.29) is 24.1 Å². The summed E-state index contributed by atoms with van der Waals surface area (Å²) >= 11 is 0. The van der Waals surface area contributed by atoms with Gasteiger partial charge in [0.1, 0.15) is 28.7 Å². The van der Waals surface area contributed by atoms with E-state index in [4.69, 9.17) is 11.5 Å². The van der Waals surface area contributed by atoms with E-state index < -0.39 is 24.7 Å². The largest absolute Gasteiger partial charge is 0.364 e. The van der Waals surface area contributed by atoms with Gasteiger partial charge in [0.2, 0.25) is 0 Å². The number of aromatic nitrogens is 10. The molecular weight excluding hydrogens is 718 g/mol. The summed E-state index contributed by atoms with van der Waals surface area (Å²) in [6, 6.07) is 19.2. The number of fused-ring (bicyclic) bond motifs is 2. The number of hydrogen-bond acceptors (Lipinski definition) is 9. The number of carbonyl (C=O) groups excluding carboxylic acids is 1. The number of nitrogens with zero attached hydrogens (tertiary/aromatic N) is 10. The maximum absolute atomic E-state index is 13.4. The van der Waals surface area contributed by atoms with Crippen molar-refractivity contribution in [3.63, 3.8) is 0 Å². The molecule has 1 fully saturated rings. The van der Waals surface area contributed by atoms with Gasteiger partial charge < -0.3 is 25.9 Å². The van der Waals surface area contributed by atoms with Gasteiger partial charge in [0.05, 0.1) is 66.1 Å². The van der Waals surface area contributed by atoms with Gasteiger partial charge in [-0.2, -0.15) is 10.2 Å². The molecule has 0 saturated carbocycles. The summed E-state index contributed by atoms with van der Waals surface area (Å²) in [5.74, 6) is -1.30. The Morgan fingerprint density at radius 3 is 1.89 bits per heavy atom. The topological polar surface area (TPSA) is 177 Å². The third-order valence-electron chi connectivity index (χ3n) is 9.10. The van der Waals surface area contributed by atoms with Gasteiger partial charge in [0, 0.05) is 30.8 Å². The molecule has 1 saturated heterocycles. The van der Waals surface area contributed by atoms with Gasteiger partial charge in [-0.05, 0) is 72.8 Å². The fourth-order valence-electron chi connectivity index (χ4n) is 6.29. The molecule has 0 atom stereocenters. The highest BCUT2D eigenvalue weighted by Gasteiger charge is 2.26. The number of benzene rings is 2. The molecule has 8 aromatic rings. The lowest BCUT2D eigenvalue weighted by Gasteiger charge is -2.29. The van der Waals surface area contributed by atoms with Gasteiger partial charge in [-0.3, -0.25) is 4.79 Å². The molecule has 18 heteroatoms. The highest BCUT2D eigenvalue weighted by molar-refractivity contribution is 5.91. The quantitative estimate of drug-likeness (QED) is 0.176. The molecule has 0 radical (unpaired) electrons. The second kappa shape index (κ2) is 14.6. The summed E-state index contributed by atoms with van der Waals surface area (Å²) in [7, 11) is 0. The monoisotopic (exact) mass is 749 g/mol. The second-order valence-electron chi connectivity index (χ2n) is 12.6. The van der Waals surface area contributed by atoms with Gasteiger partial charge in [0.25, 0.3) is 12.3 Å². The lowest BCUT2D eigenvalue weighted by atomic mass is 10.1. The number of nitrogens with one attached hydrogen (secondary N) is 1. The highest BCUT2D eigenvalue weighted by Crippen LogP contribution is 2.34. The molecule has 0 unspecified atom stereocenters. The van der Waals surface area contributed by atoms with Crippen LogP contribution < -0.4 is 16.8 Å². The van der Waals surface area contributed by atoms with Crippen molar-refractivity contribution in [2.24, 2.45) is 11.5 Å². The molecule has 0 spiro atoms. The van der Waals surface area contributed by atoms with Crippen molar-refractivity contribution in [2.75, 3.05) is 13.1 Å². The van der Waals surface area contributed by atoms with Gasteiger partial charge in [-0.15, -0.1) is 0 Å². The highest BCUT2D eigenvalue weighted by atomic mass is 19.3. The van der Waals surface area contributed by atoms with Crippen molar-refractivity contribution in [1.82, 2.24) is 53.6 Å². The molecule has 6 aromatic heterocycles. The van der Waals surface area contributed by atoms with E-state index in [9.17, 15) is 22.4 Å². The number of halogens is 4. The maximum Gasteiger partial charge on any atom is 0.269 e. The van der Waals surface area contributed by atoms with Crippen molar-refractivity contribution in [3.05, 3.63) is 121 Å². The molecule has 9 rings (SSSR count). The number of rotatable bonds is 9. The Labute approximate surface area is 309 Å². The summed E-state index contributed by atoms with van der Waals surface area (Å²) in [6.45, 7) is 1.35. The van der Waals surface area contributed by atoms with E-state index in [0.717, 1.165) is 24.3 Å². The smallest absolute Gasteiger partial charge is 0.269 e. The summed E-state index contributed by atoms with van der Waals surface area (Å²) in [6.07, 6.45) is 3.57. The summed E-state index contributed by atoms with van der Waals surface area (Å²) in [4.78, 5) is 28.9. The van der Waals surface area contributed by atoms with Crippen LogP contribution in [0, 0.1) is 11.6 Å². The Hall–Kier alpha value is -6.79. The number of amides is 1. The summed E-state index contributed by atoms with van der Waals surface area (Å²) < 4.78 is 59.2. The molecule has 55 heavy (non-hydrogen) atoms. The van der Waals surface area contributed by atoms with E-state index in [1.807, 2.05) is 6.07 Å². The second-order valence-corrected chi connectivity index (χ2v) is 12.6. The zero-order valence-electron chi connectivity index (χ0n) is 28.8. The first-order valence-corrected chi connectivity index (χ1v) is 17.0. The molecule has 5 N–H and O–H groups in total. The molecular formula is C37H31F4N13O.